The number of benzene rings is 1. The molecule has 2 aromatic rings. The Balaban J connectivity index is 2.34. The molecule has 0 fully saturated rings. The summed E-state index contributed by atoms with van der Waals surface area (Å²) in [7, 11) is 0. The fourth-order valence-electron chi connectivity index (χ4n) is 1.40. The van der Waals surface area contributed by atoms with Crippen LogP contribution in [0.2, 0.25) is 10.2 Å². The van der Waals surface area contributed by atoms with Crippen molar-refractivity contribution in [3.63, 3.8) is 0 Å². The molecule has 0 aliphatic heterocycles. The fraction of sp³-hybridized carbons (Fsp3) is 0.154. The zero-order chi connectivity index (χ0) is 12.4. The second-order valence-electron chi connectivity index (χ2n) is 3.81. The second-order valence-corrected chi connectivity index (χ2v) is 4.60. The standard InChI is InChI=1S/C13H11Cl2NO/c1-8-3-4-11(10(14)5-8)17-12-6-13(15)16-7-9(12)2/h3-7H,1-2H3. The molecular formula is C13H11Cl2NO. The summed E-state index contributed by atoms with van der Waals surface area (Å²) in [4.78, 5) is 3.97. The molecule has 1 aromatic heterocycles. The highest BCUT2D eigenvalue weighted by Crippen LogP contribution is 2.32. The molecule has 4 heteroatoms. The summed E-state index contributed by atoms with van der Waals surface area (Å²) in [6, 6.07) is 7.31. The third-order valence-corrected chi connectivity index (χ3v) is 2.83. The maximum atomic E-state index is 6.10. The van der Waals surface area contributed by atoms with E-state index in [2.05, 4.69) is 4.98 Å². The van der Waals surface area contributed by atoms with E-state index in [0.29, 0.717) is 21.7 Å². The Labute approximate surface area is 110 Å². The normalized spacial score (nSPS) is 10.4. The summed E-state index contributed by atoms with van der Waals surface area (Å²) in [6.45, 7) is 3.88. The fourth-order valence-corrected chi connectivity index (χ4v) is 1.82. The molecule has 2 rings (SSSR count). The Kier molecular flexibility index (Phi) is 3.55. The van der Waals surface area contributed by atoms with Crippen molar-refractivity contribution in [2.24, 2.45) is 0 Å². The quantitative estimate of drug-likeness (QED) is 0.730. The van der Waals surface area contributed by atoms with Gasteiger partial charge in [0, 0.05) is 17.8 Å². The Morgan fingerprint density at radius 2 is 1.82 bits per heavy atom. The van der Waals surface area contributed by atoms with Crippen molar-refractivity contribution in [1.82, 2.24) is 4.98 Å². The van der Waals surface area contributed by atoms with Gasteiger partial charge in [-0.05, 0) is 31.5 Å². The third-order valence-electron chi connectivity index (χ3n) is 2.33. The van der Waals surface area contributed by atoms with Crippen LogP contribution in [-0.2, 0) is 0 Å². The first-order chi connectivity index (χ1) is 8.06. The van der Waals surface area contributed by atoms with Crippen molar-refractivity contribution in [3.8, 4) is 11.5 Å². The predicted octanol–water partition coefficient (Wildman–Crippen LogP) is 4.80. The van der Waals surface area contributed by atoms with Crippen molar-refractivity contribution in [2.75, 3.05) is 0 Å². The Morgan fingerprint density at radius 1 is 1.06 bits per heavy atom. The SMILES string of the molecule is Cc1ccc(Oc2cc(Cl)ncc2C)c(Cl)c1. The third kappa shape index (κ3) is 2.90. The molecule has 0 saturated heterocycles. The van der Waals surface area contributed by atoms with E-state index in [1.165, 1.54) is 0 Å². The van der Waals surface area contributed by atoms with E-state index >= 15 is 0 Å². The molecule has 0 unspecified atom stereocenters. The first-order valence-electron chi connectivity index (χ1n) is 5.12. The second kappa shape index (κ2) is 4.94. The van der Waals surface area contributed by atoms with Gasteiger partial charge in [-0.25, -0.2) is 4.98 Å². The molecule has 17 heavy (non-hydrogen) atoms. The monoisotopic (exact) mass is 267 g/mol. The molecule has 0 N–H and O–H groups in total. The van der Waals surface area contributed by atoms with Crippen LogP contribution in [0, 0.1) is 13.8 Å². The van der Waals surface area contributed by atoms with Gasteiger partial charge in [0.15, 0.2) is 0 Å². The minimum Gasteiger partial charge on any atom is -0.455 e. The summed E-state index contributed by atoms with van der Waals surface area (Å²) >= 11 is 11.9. The summed E-state index contributed by atoms with van der Waals surface area (Å²) in [5, 5.41) is 0.978. The highest BCUT2D eigenvalue weighted by Gasteiger charge is 2.06. The van der Waals surface area contributed by atoms with Gasteiger partial charge in [-0.15, -0.1) is 0 Å². The topological polar surface area (TPSA) is 22.1 Å². The van der Waals surface area contributed by atoms with Crippen LogP contribution in [0.4, 0.5) is 0 Å². The largest absolute Gasteiger partial charge is 0.455 e. The van der Waals surface area contributed by atoms with Gasteiger partial charge in [-0.1, -0.05) is 29.3 Å². The van der Waals surface area contributed by atoms with Crippen LogP contribution in [0.15, 0.2) is 30.5 Å². The van der Waals surface area contributed by atoms with E-state index in [1.54, 1.807) is 12.3 Å². The van der Waals surface area contributed by atoms with E-state index in [4.69, 9.17) is 27.9 Å². The molecule has 0 radical (unpaired) electrons. The molecule has 0 bridgehead atoms. The zero-order valence-electron chi connectivity index (χ0n) is 9.50. The van der Waals surface area contributed by atoms with Gasteiger partial charge < -0.3 is 4.74 Å². The number of halogens is 2. The lowest BCUT2D eigenvalue weighted by atomic mass is 10.2. The van der Waals surface area contributed by atoms with Gasteiger partial charge >= 0.3 is 0 Å². The van der Waals surface area contributed by atoms with Gasteiger partial charge in [0.05, 0.1) is 5.02 Å². The van der Waals surface area contributed by atoms with E-state index in [-0.39, 0.29) is 0 Å². The van der Waals surface area contributed by atoms with E-state index in [0.717, 1.165) is 11.1 Å². The number of aromatic nitrogens is 1. The lowest BCUT2D eigenvalue weighted by molar-refractivity contribution is 0.478. The van der Waals surface area contributed by atoms with Crippen LogP contribution in [0.5, 0.6) is 11.5 Å². The van der Waals surface area contributed by atoms with Crippen molar-refractivity contribution in [1.29, 1.82) is 0 Å². The van der Waals surface area contributed by atoms with Crippen LogP contribution in [0.3, 0.4) is 0 Å². The Morgan fingerprint density at radius 3 is 2.53 bits per heavy atom. The van der Waals surface area contributed by atoms with Gasteiger partial charge in [0.25, 0.3) is 0 Å². The summed E-state index contributed by atoms with van der Waals surface area (Å²) < 4.78 is 5.72. The first-order valence-corrected chi connectivity index (χ1v) is 5.88. The average molecular weight is 268 g/mol. The van der Waals surface area contributed by atoms with Gasteiger partial charge in [-0.3, -0.25) is 0 Å². The van der Waals surface area contributed by atoms with Crippen LogP contribution >= 0.6 is 23.2 Å². The molecule has 0 spiro atoms. The lowest BCUT2D eigenvalue weighted by Crippen LogP contribution is -1.90. The van der Waals surface area contributed by atoms with Gasteiger partial charge in [-0.2, -0.15) is 0 Å². The Bertz CT molecular complexity index is 555. The Hall–Kier alpha value is -1.25. The number of hydrogen-bond donors (Lipinski definition) is 0. The van der Waals surface area contributed by atoms with Gasteiger partial charge in [0.2, 0.25) is 0 Å². The van der Waals surface area contributed by atoms with Crippen LogP contribution in [0.1, 0.15) is 11.1 Å². The van der Waals surface area contributed by atoms with E-state index in [1.807, 2.05) is 32.0 Å². The van der Waals surface area contributed by atoms with Crippen LogP contribution in [-0.4, -0.2) is 4.98 Å². The molecule has 0 aliphatic carbocycles. The van der Waals surface area contributed by atoms with Crippen LogP contribution in [0.25, 0.3) is 0 Å². The maximum Gasteiger partial charge on any atom is 0.146 e. The lowest BCUT2D eigenvalue weighted by Gasteiger charge is -2.10. The first kappa shape index (κ1) is 12.2. The molecule has 88 valence electrons. The summed E-state index contributed by atoms with van der Waals surface area (Å²) in [6.07, 6.45) is 1.67. The maximum absolute atomic E-state index is 6.10. The minimum atomic E-state index is 0.397. The van der Waals surface area contributed by atoms with E-state index in [9.17, 15) is 0 Å². The number of hydrogen-bond acceptors (Lipinski definition) is 2. The molecule has 0 aliphatic rings. The van der Waals surface area contributed by atoms with Gasteiger partial charge in [0.1, 0.15) is 16.7 Å². The summed E-state index contributed by atoms with van der Waals surface area (Å²) in [5.41, 5.74) is 2.00. The number of rotatable bonds is 2. The number of pyridine rings is 1. The highest BCUT2D eigenvalue weighted by molar-refractivity contribution is 6.32. The highest BCUT2D eigenvalue weighted by atomic mass is 35.5. The predicted molar refractivity (Wildman–Crippen MR) is 70.2 cm³/mol. The minimum absolute atomic E-state index is 0.397. The zero-order valence-corrected chi connectivity index (χ0v) is 11.0. The van der Waals surface area contributed by atoms with Crippen molar-refractivity contribution >= 4 is 23.2 Å². The molecule has 1 heterocycles. The molecule has 0 atom stereocenters. The summed E-state index contributed by atoms with van der Waals surface area (Å²) in [5.74, 6) is 1.28. The van der Waals surface area contributed by atoms with Crippen molar-refractivity contribution < 1.29 is 4.74 Å². The van der Waals surface area contributed by atoms with E-state index < -0.39 is 0 Å². The molecule has 0 amide bonds. The smallest absolute Gasteiger partial charge is 0.146 e. The number of ether oxygens (including phenoxy) is 1. The van der Waals surface area contributed by atoms with Crippen molar-refractivity contribution in [2.45, 2.75) is 13.8 Å². The molecule has 2 nitrogen and oxygen atoms in total. The van der Waals surface area contributed by atoms with Crippen molar-refractivity contribution in [3.05, 3.63) is 51.8 Å². The number of aryl methyl sites for hydroxylation is 2. The van der Waals surface area contributed by atoms with Crippen LogP contribution < -0.4 is 4.74 Å². The molecular weight excluding hydrogens is 257 g/mol. The molecule has 1 aromatic carbocycles. The average Bonchev–Trinajstić information content (AvgIpc) is 2.27. The number of nitrogens with zero attached hydrogens (tertiary/aromatic N) is 1. The molecule has 0 saturated carbocycles.